The Morgan fingerprint density at radius 2 is 1.71 bits per heavy atom. The van der Waals surface area contributed by atoms with Crippen molar-refractivity contribution in [3.8, 4) is 5.75 Å². The number of carbonyl (C=O) groups excluding carboxylic acids is 3. The Kier molecular flexibility index (Phi) is 7.37. The number of nitrogens with one attached hydrogen (secondary N) is 1. The molecule has 0 aliphatic rings. The second-order valence-corrected chi connectivity index (χ2v) is 6.29. The fourth-order valence-electron chi connectivity index (χ4n) is 2.81. The number of hydrogen-bond donors (Lipinski definition) is 1. The maximum atomic E-state index is 12.7. The fraction of sp³-hybridized carbons (Fsp3) is 0.381. The van der Waals surface area contributed by atoms with Gasteiger partial charge in [0.1, 0.15) is 11.8 Å². The standard InChI is InChI=1S/C21H25NO6/c1-5-28-19(23)12-18(21(25)27-4)22-20(24)13(2)14-6-7-16-11-17(26-3)9-8-15(16)10-14/h6-11,13,18H,5,12H2,1-4H3,(H,22,24). The van der Waals surface area contributed by atoms with Crippen LogP contribution >= 0.6 is 0 Å². The largest absolute Gasteiger partial charge is 0.497 e. The zero-order valence-electron chi connectivity index (χ0n) is 16.5. The zero-order chi connectivity index (χ0) is 20.7. The van der Waals surface area contributed by atoms with Crippen LogP contribution in [0.4, 0.5) is 0 Å². The van der Waals surface area contributed by atoms with Crippen molar-refractivity contribution in [2.75, 3.05) is 20.8 Å². The summed E-state index contributed by atoms with van der Waals surface area (Å²) in [5.41, 5.74) is 0.787. The van der Waals surface area contributed by atoms with Crippen LogP contribution in [0.2, 0.25) is 0 Å². The summed E-state index contributed by atoms with van der Waals surface area (Å²) in [6.07, 6.45) is -0.281. The van der Waals surface area contributed by atoms with E-state index < -0.39 is 23.9 Å². The highest BCUT2D eigenvalue weighted by Crippen LogP contribution is 2.25. The van der Waals surface area contributed by atoms with Gasteiger partial charge in [-0.3, -0.25) is 9.59 Å². The quantitative estimate of drug-likeness (QED) is 0.700. The molecule has 2 rings (SSSR count). The van der Waals surface area contributed by atoms with Gasteiger partial charge in [-0.15, -0.1) is 0 Å². The van der Waals surface area contributed by atoms with E-state index in [0.717, 1.165) is 22.1 Å². The first-order chi connectivity index (χ1) is 13.4. The predicted molar refractivity (Wildman–Crippen MR) is 104 cm³/mol. The molecule has 0 saturated carbocycles. The normalized spacial score (nSPS) is 12.7. The van der Waals surface area contributed by atoms with E-state index >= 15 is 0 Å². The van der Waals surface area contributed by atoms with Crippen LogP contribution in [-0.4, -0.2) is 44.7 Å². The van der Waals surface area contributed by atoms with Crippen LogP contribution < -0.4 is 10.1 Å². The van der Waals surface area contributed by atoms with Gasteiger partial charge in [0.25, 0.3) is 0 Å². The summed E-state index contributed by atoms with van der Waals surface area (Å²) in [5.74, 6) is -1.43. The van der Waals surface area contributed by atoms with Gasteiger partial charge in [-0.2, -0.15) is 0 Å². The first-order valence-corrected chi connectivity index (χ1v) is 9.01. The van der Waals surface area contributed by atoms with E-state index in [9.17, 15) is 14.4 Å². The van der Waals surface area contributed by atoms with Gasteiger partial charge in [0.15, 0.2) is 0 Å². The molecule has 0 radical (unpaired) electrons. The van der Waals surface area contributed by atoms with Crippen molar-refractivity contribution in [2.24, 2.45) is 0 Å². The summed E-state index contributed by atoms with van der Waals surface area (Å²) in [5, 5.41) is 4.55. The number of fused-ring (bicyclic) bond motifs is 1. The van der Waals surface area contributed by atoms with Crippen LogP contribution in [0.1, 0.15) is 31.7 Å². The number of benzene rings is 2. The summed E-state index contributed by atoms with van der Waals surface area (Å²) in [6.45, 7) is 3.60. The Morgan fingerprint density at radius 3 is 2.36 bits per heavy atom. The maximum absolute atomic E-state index is 12.7. The molecule has 0 spiro atoms. The molecule has 150 valence electrons. The van der Waals surface area contributed by atoms with Crippen molar-refractivity contribution in [3.63, 3.8) is 0 Å². The molecular formula is C21H25NO6. The van der Waals surface area contributed by atoms with Gasteiger partial charge in [-0.1, -0.05) is 24.3 Å². The third kappa shape index (κ3) is 5.22. The minimum atomic E-state index is -1.09. The molecule has 2 unspecified atom stereocenters. The molecule has 0 aliphatic carbocycles. The van der Waals surface area contributed by atoms with Crippen LogP contribution in [0.3, 0.4) is 0 Å². The van der Waals surface area contributed by atoms with Crippen LogP contribution in [0, 0.1) is 0 Å². The molecule has 1 amide bonds. The van der Waals surface area contributed by atoms with E-state index in [1.54, 1.807) is 21.0 Å². The molecule has 0 fully saturated rings. The maximum Gasteiger partial charge on any atom is 0.328 e. The lowest BCUT2D eigenvalue weighted by Gasteiger charge is -2.19. The molecule has 2 aromatic rings. The number of hydrogen-bond acceptors (Lipinski definition) is 6. The third-order valence-corrected chi connectivity index (χ3v) is 4.44. The predicted octanol–water partition coefficient (Wildman–Crippen LogP) is 2.56. The van der Waals surface area contributed by atoms with E-state index in [2.05, 4.69) is 10.1 Å². The average Bonchev–Trinajstić information content (AvgIpc) is 2.71. The lowest BCUT2D eigenvalue weighted by atomic mass is 9.96. The molecule has 2 atom stereocenters. The minimum Gasteiger partial charge on any atom is -0.497 e. The summed E-state index contributed by atoms with van der Waals surface area (Å²) < 4.78 is 14.8. The Labute approximate surface area is 164 Å². The molecular weight excluding hydrogens is 362 g/mol. The van der Waals surface area contributed by atoms with E-state index in [-0.39, 0.29) is 18.9 Å². The molecule has 7 heteroatoms. The second-order valence-electron chi connectivity index (χ2n) is 6.29. The van der Waals surface area contributed by atoms with Crippen molar-refractivity contribution >= 4 is 28.6 Å². The second kappa shape index (κ2) is 9.73. The van der Waals surface area contributed by atoms with Crippen molar-refractivity contribution in [3.05, 3.63) is 42.0 Å². The lowest BCUT2D eigenvalue weighted by molar-refractivity contribution is -0.151. The van der Waals surface area contributed by atoms with E-state index in [1.165, 1.54) is 7.11 Å². The van der Waals surface area contributed by atoms with Gasteiger partial charge in [0, 0.05) is 0 Å². The number of carbonyl (C=O) groups is 3. The minimum absolute atomic E-state index is 0.193. The summed E-state index contributed by atoms with van der Waals surface area (Å²) in [4.78, 5) is 36.3. The number of rotatable bonds is 8. The Balaban J connectivity index is 2.15. The van der Waals surface area contributed by atoms with E-state index in [0.29, 0.717) is 0 Å². The summed E-state index contributed by atoms with van der Waals surface area (Å²) >= 11 is 0. The van der Waals surface area contributed by atoms with Gasteiger partial charge in [-0.05, 0) is 42.3 Å². The lowest BCUT2D eigenvalue weighted by Crippen LogP contribution is -2.44. The fourth-order valence-corrected chi connectivity index (χ4v) is 2.81. The molecule has 1 N–H and O–H groups in total. The molecule has 0 bridgehead atoms. The highest BCUT2D eigenvalue weighted by molar-refractivity contribution is 5.92. The Morgan fingerprint density at radius 1 is 1.04 bits per heavy atom. The summed E-state index contributed by atoms with van der Waals surface area (Å²) in [6, 6.07) is 10.3. The third-order valence-electron chi connectivity index (χ3n) is 4.44. The first-order valence-electron chi connectivity index (χ1n) is 9.01. The number of ether oxygens (including phenoxy) is 3. The molecule has 2 aromatic carbocycles. The SMILES string of the molecule is CCOC(=O)CC(NC(=O)C(C)c1ccc2cc(OC)ccc2c1)C(=O)OC. The first kappa shape index (κ1) is 21.2. The number of methoxy groups -OCH3 is 2. The van der Waals surface area contributed by atoms with Crippen molar-refractivity contribution < 1.29 is 28.6 Å². The Bertz CT molecular complexity index is 863. The smallest absolute Gasteiger partial charge is 0.328 e. The van der Waals surface area contributed by atoms with Gasteiger partial charge in [0.2, 0.25) is 5.91 Å². The van der Waals surface area contributed by atoms with Crippen molar-refractivity contribution in [1.82, 2.24) is 5.32 Å². The van der Waals surface area contributed by atoms with Gasteiger partial charge >= 0.3 is 11.9 Å². The number of amides is 1. The molecule has 0 heterocycles. The summed E-state index contributed by atoms with van der Waals surface area (Å²) in [7, 11) is 2.81. The van der Waals surface area contributed by atoms with Crippen molar-refractivity contribution in [1.29, 1.82) is 0 Å². The average molecular weight is 387 g/mol. The van der Waals surface area contributed by atoms with E-state index in [4.69, 9.17) is 9.47 Å². The van der Waals surface area contributed by atoms with Gasteiger partial charge in [0.05, 0.1) is 33.2 Å². The van der Waals surface area contributed by atoms with Crippen LogP contribution in [0.5, 0.6) is 5.75 Å². The topological polar surface area (TPSA) is 90.9 Å². The molecule has 7 nitrogen and oxygen atoms in total. The number of esters is 2. The van der Waals surface area contributed by atoms with Gasteiger partial charge < -0.3 is 19.5 Å². The monoisotopic (exact) mass is 387 g/mol. The molecule has 0 aliphatic heterocycles. The molecule has 0 aromatic heterocycles. The van der Waals surface area contributed by atoms with Crippen LogP contribution in [0.15, 0.2) is 36.4 Å². The highest BCUT2D eigenvalue weighted by atomic mass is 16.5. The van der Waals surface area contributed by atoms with E-state index in [1.807, 2.05) is 36.4 Å². The van der Waals surface area contributed by atoms with Crippen LogP contribution in [-0.2, 0) is 23.9 Å². The Hall–Kier alpha value is -3.09. The molecule has 0 saturated heterocycles. The van der Waals surface area contributed by atoms with Gasteiger partial charge in [-0.25, -0.2) is 4.79 Å². The zero-order valence-corrected chi connectivity index (χ0v) is 16.5. The highest BCUT2D eigenvalue weighted by Gasteiger charge is 2.27. The van der Waals surface area contributed by atoms with Crippen molar-refractivity contribution in [2.45, 2.75) is 32.2 Å². The molecule has 28 heavy (non-hydrogen) atoms. The van der Waals surface area contributed by atoms with Crippen LogP contribution in [0.25, 0.3) is 10.8 Å².